The highest BCUT2D eigenvalue weighted by atomic mass is 16.5. The minimum Gasteiger partial charge on any atom is -0.374 e. The zero-order valence-corrected chi connectivity index (χ0v) is 11.4. The fraction of sp³-hybridized carbons (Fsp3) is 0.923. The van der Waals surface area contributed by atoms with Gasteiger partial charge in [0.05, 0.1) is 18.8 Å². The molecule has 1 N–H and O–H groups in total. The lowest BCUT2D eigenvalue weighted by Crippen LogP contribution is -2.56. The van der Waals surface area contributed by atoms with Crippen LogP contribution in [0.5, 0.6) is 0 Å². The Morgan fingerprint density at radius 2 is 2.28 bits per heavy atom. The fourth-order valence-electron chi connectivity index (χ4n) is 2.68. The Labute approximate surface area is 110 Å². The van der Waals surface area contributed by atoms with Crippen molar-refractivity contribution >= 4 is 0 Å². The zero-order chi connectivity index (χ0) is 13.0. The second kappa shape index (κ2) is 6.48. The quantitative estimate of drug-likeness (QED) is 0.760. The maximum Gasteiger partial charge on any atom is 0.110 e. The first-order valence-corrected chi connectivity index (χ1v) is 6.90. The Morgan fingerprint density at radius 3 is 3.00 bits per heavy atom. The number of nitrogens with one attached hydrogen (secondary N) is 1. The molecule has 2 saturated heterocycles. The van der Waals surface area contributed by atoms with Gasteiger partial charge in [-0.25, -0.2) is 0 Å². The summed E-state index contributed by atoms with van der Waals surface area (Å²) < 4.78 is 5.84. The third kappa shape index (κ3) is 3.42. The molecule has 2 aliphatic heterocycles. The molecule has 102 valence electrons. The molecule has 2 rings (SSSR count). The largest absolute Gasteiger partial charge is 0.374 e. The van der Waals surface area contributed by atoms with Crippen LogP contribution in [0.15, 0.2) is 0 Å². The summed E-state index contributed by atoms with van der Waals surface area (Å²) in [5.74, 6) is 0. The molecule has 0 saturated carbocycles. The average Bonchev–Trinajstić information content (AvgIpc) is 2.39. The highest BCUT2D eigenvalue weighted by Crippen LogP contribution is 2.12. The van der Waals surface area contributed by atoms with Gasteiger partial charge >= 0.3 is 0 Å². The number of hydrogen-bond donors (Lipinski definition) is 1. The van der Waals surface area contributed by atoms with Crippen LogP contribution in [-0.2, 0) is 4.74 Å². The van der Waals surface area contributed by atoms with E-state index in [0.717, 1.165) is 45.9 Å². The van der Waals surface area contributed by atoms with Crippen molar-refractivity contribution in [2.75, 3.05) is 45.9 Å². The third-order valence-corrected chi connectivity index (χ3v) is 3.84. The molecule has 18 heavy (non-hydrogen) atoms. The van der Waals surface area contributed by atoms with Gasteiger partial charge in [-0.05, 0) is 13.8 Å². The van der Waals surface area contributed by atoms with Gasteiger partial charge in [-0.3, -0.25) is 9.80 Å². The molecule has 0 spiro atoms. The maximum atomic E-state index is 9.15. The van der Waals surface area contributed by atoms with E-state index in [9.17, 15) is 0 Å². The van der Waals surface area contributed by atoms with Crippen molar-refractivity contribution in [1.82, 2.24) is 15.1 Å². The van der Waals surface area contributed by atoms with Gasteiger partial charge in [0, 0.05) is 45.3 Å². The van der Waals surface area contributed by atoms with Crippen LogP contribution in [0.1, 0.15) is 13.8 Å². The van der Waals surface area contributed by atoms with E-state index in [-0.39, 0.29) is 12.1 Å². The minimum atomic E-state index is -0.00298. The summed E-state index contributed by atoms with van der Waals surface area (Å²) in [5, 5.41) is 12.4. The lowest BCUT2D eigenvalue weighted by atomic mass is 10.1. The van der Waals surface area contributed by atoms with E-state index in [2.05, 4.69) is 35.0 Å². The molecule has 0 amide bonds. The number of ether oxygens (including phenoxy) is 1. The molecule has 5 nitrogen and oxygen atoms in total. The van der Waals surface area contributed by atoms with Gasteiger partial charge in [-0.15, -0.1) is 0 Å². The molecule has 2 unspecified atom stereocenters. The standard InChI is InChI=1S/C13H24N4O/c1-11(2)16-5-6-18-13(9-16)10-17-4-3-15-8-12(17)7-14/h11-13,15H,3-6,8-10H2,1-2H3. The predicted octanol–water partition coefficient (Wildman–Crippen LogP) is -0.107. The van der Waals surface area contributed by atoms with E-state index in [0.29, 0.717) is 6.04 Å². The Morgan fingerprint density at radius 1 is 1.44 bits per heavy atom. The Kier molecular flexibility index (Phi) is 4.95. The van der Waals surface area contributed by atoms with Crippen LogP contribution in [0.2, 0.25) is 0 Å². The van der Waals surface area contributed by atoms with E-state index in [1.54, 1.807) is 0 Å². The molecule has 0 bridgehead atoms. The van der Waals surface area contributed by atoms with Crippen LogP contribution in [0.25, 0.3) is 0 Å². The number of hydrogen-bond acceptors (Lipinski definition) is 5. The first-order valence-electron chi connectivity index (χ1n) is 6.90. The smallest absolute Gasteiger partial charge is 0.110 e. The zero-order valence-electron chi connectivity index (χ0n) is 11.4. The number of nitriles is 1. The Hall–Kier alpha value is -0.670. The van der Waals surface area contributed by atoms with Crippen molar-refractivity contribution in [3.63, 3.8) is 0 Å². The molecule has 2 atom stereocenters. The van der Waals surface area contributed by atoms with Crippen LogP contribution in [0.3, 0.4) is 0 Å². The predicted molar refractivity (Wildman–Crippen MR) is 70.3 cm³/mol. The first-order chi connectivity index (χ1) is 8.70. The summed E-state index contributed by atoms with van der Waals surface area (Å²) in [4.78, 5) is 4.71. The van der Waals surface area contributed by atoms with Crippen molar-refractivity contribution < 1.29 is 4.74 Å². The maximum absolute atomic E-state index is 9.15. The number of rotatable bonds is 3. The van der Waals surface area contributed by atoms with Crippen LogP contribution in [0, 0.1) is 11.3 Å². The lowest BCUT2D eigenvalue weighted by Gasteiger charge is -2.39. The van der Waals surface area contributed by atoms with Crippen molar-refractivity contribution in [2.45, 2.75) is 32.0 Å². The van der Waals surface area contributed by atoms with Crippen LogP contribution < -0.4 is 5.32 Å². The lowest BCUT2D eigenvalue weighted by molar-refractivity contribution is -0.0560. The average molecular weight is 252 g/mol. The topological polar surface area (TPSA) is 51.5 Å². The van der Waals surface area contributed by atoms with Gasteiger partial charge in [0.15, 0.2) is 0 Å². The summed E-state index contributed by atoms with van der Waals surface area (Å²) in [5.41, 5.74) is 0. The molecule has 2 aliphatic rings. The van der Waals surface area contributed by atoms with Crippen LogP contribution in [0.4, 0.5) is 0 Å². The summed E-state index contributed by atoms with van der Waals surface area (Å²) in [6.07, 6.45) is 0.245. The second-order valence-corrected chi connectivity index (χ2v) is 5.43. The van der Waals surface area contributed by atoms with Crippen molar-refractivity contribution in [1.29, 1.82) is 5.26 Å². The van der Waals surface area contributed by atoms with Crippen LogP contribution >= 0.6 is 0 Å². The Balaban J connectivity index is 1.86. The van der Waals surface area contributed by atoms with E-state index < -0.39 is 0 Å². The fourth-order valence-corrected chi connectivity index (χ4v) is 2.68. The monoisotopic (exact) mass is 252 g/mol. The molecule has 2 fully saturated rings. The van der Waals surface area contributed by atoms with E-state index in [4.69, 9.17) is 10.00 Å². The third-order valence-electron chi connectivity index (χ3n) is 3.84. The Bertz CT molecular complexity index is 302. The van der Waals surface area contributed by atoms with Gasteiger partial charge in [0.2, 0.25) is 0 Å². The van der Waals surface area contributed by atoms with Crippen LogP contribution in [-0.4, -0.2) is 73.9 Å². The highest BCUT2D eigenvalue weighted by molar-refractivity contribution is 4.97. The van der Waals surface area contributed by atoms with Gasteiger partial charge in [0.25, 0.3) is 0 Å². The van der Waals surface area contributed by atoms with Gasteiger partial charge < -0.3 is 10.1 Å². The van der Waals surface area contributed by atoms with Gasteiger partial charge in [0.1, 0.15) is 6.04 Å². The summed E-state index contributed by atoms with van der Waals surface area (Å²) in [7, 11) is 0. The molecule has 2 heterocycles. The molecule has 0 aliphatic carbocycles. The molecular formula is C13H24N4O. The van der Waals surface area contributed by atoms with Gasteiger partial charge in [-0.1, -0.05) is 0 Å². The molecule has 0 aromatic carbocycles. The molecule has 0 radical (unpaired) electrons. The van der Waals surface area contributed by atoms with Crippen molar-refractivity contribution in [2.24, 2.45) is 0 Å². The molecule has 0 aromatic heterocycles. The highest BCUT2D eigenvalue weighted by Gasteiger charge is 2.28. The van der Waals surface area contributed by atoms with E-state index >= 15 is 0 Å². The van der Waals surface area contributed by atoms with Gasteiger partial charge in [-0.2, -0.15) is 5.26 Å². The number of nitrogens with zero attached hydrogens (tertiary/aromatic N) is 3. The SMILES string of the molecule is CC(C)N1CCOC(CN2CCNCC2C#N)C1. The summed E-state index contributed by atoms with van der Waals surface area (Å²) in [6.45, 7) is 10.8. The molecule has 0 aromatic rings. The number of piperazine rings is 1. The normalized spacial score (nSPS) is 31.4. The van der Waals surface area contributed by atoms with E-state index in [1.165, 1.54) is 0 Å². The summed E-state index contributed by atoms with van der Waals surface area (Å²) in [6, 6.07) is 2.94. The van der Waals surface area contributed by atoms with Crippen molar-refractivity contribution in [3.05, 3.63) is 0 Å². The van der Waals surface area contributed by atoms with Crippen molar-refractivity contribution in [3.8, 4) is 6.07 Å². The second-order valence-electron chi connectivity index (χ2n) is 5.43. The molecule has 5 heteroatoms. The first kappa shape index (κ1) is 13.8. The summed E-state index contributed by atoms with van der Waals surface area (Å²) >= 11 is 0. The minimum absolute atomic E-state index is 0.00298. The van der Waals surface area contributed by atoms with E-state index in [1.807, 2.05) is 0 Å². The molecular weight excluding hydrogens is 228 g/mol. The number of morpholine rings is 1.